The smallest absolute Gasteiger partial charge is 0.305 e. The molecule has 2 amide bonds. The maximum atomic E-state index is 12.4. The van der Waals surface area contributed by atoms with Crippen molar-refractivity contribution in [3.8, 4) is 11.4 Å². The molecule has 0 spiro atoms. The van der Waals surface area contributed by atoms with Crippen molar-refractivity contribution in [3.63, 3.8) is 0 Å². The number of anilines is 1. The first-order valence-corrected chi connectivity index (χ1v) is 9.19. The number of rotatable bonds is 7. The standard InChI is InChI=1S/C19H16N4O4S/c24-16(25)8-10-21-17(26)12-4-6-13(7-5-12)18(27)23-19-22-15(11-28-19)14-3-1-2-9-20-14/h1-7,9,11H,8,10H2,(H,21,26)(H,24,25)(H,22,23,27). The molecule has 0 unspecified atom stereocenters. The minimum absolute atomic E-state index is 0.0407. The van der Waals surface area contributed by atoms with Crippen LogP contribution in [0.25, 0.3) is 11.4 Å². The van der Waals surface area contributed by atoms with Crippen LogP contribution in [-0.2, 0) is 4.79 Å². The van der Waals surface area contributed by atoms with Crippen molar-refractivity contribution in [2.24, 2.45) is 0 Å². The Bertz CT molecular complexity index is 987. The Morgan fingerprint density at radius 3 is 2.32 bits per heavy atom. The van der Waals surface area contributed by atoms with E-state index in [1.54, 1.807) is 6.20 Å². The van der Waals surface area contributed by atoms with E-state index >= 15 is 0 Å². The van der Waals surface area contributed by atoms with E-state index in [2.05, 4.69) is 20.6 Å². The molecule has 3 aromatic rings. The van der Waals surface area contributed by atoms with E-state index in [0.29, 0.717) is 22.0 Å². The Kier molecular flexibility index (Phi) is 6.07. The first-order chi connectivity index (χ1) is 13.5. The number of carboxylic acid groups (broad SMARTS) is 1. The molecule has 0 aliphatic heterocycles. The third-order valence-electron chi connectivity index (χ3n) is 3.69. The van der Waals surface area contributed by atoms with Gasteiger partial charge in [-0.1, -0.05) is 6.07 Å². The van der Waals surface area contributed by atoms with Crippen molar-refractivity contribution in [1.82, 2.24) is 15.3 Å². The lowest BCUT2D eigenvalue weighted by Gasteiger charge is -2.05. The fourth-order valence-electron chi connectivity index (χ4n) is 2.29. The number of hydrogen-bond donors (Lipinski definition) is 3. The van der Waals surface area contributed by atoms with Gasteiger partial charge in [0.1, 0.15) is 5.69 Å². The molecule has 0 fully saturated rings. The molecule has 0 aliphatic rings. The molecule has 2 heterocycles. The summed E-state index contributed by atoms with van der Waals surface area (Å²) < 4.78 is 0. The second-order valence-electron chi connectivity index (χ2n) is 5.68. The van der Waals surface area contributed by atoms with Crippen molar-refractivity contribution in [2.75, 3.05) is 11.9 Å². The normalized spacial score (nSPS) is 10.3. The fraction of sp³-hybridized carbons (Fsp3) is 0.105. The monoisotopic (exact) mass is 396 g/mol. The summed E-state index contributed by atoms with van der Waals surface area (Å²) in [6.07, 6.45) is 1.52. The van der Waals surface area contributed by atoms with E-state index < -0.39 is 11.9 Å². The molecule has 0 bridgehead atoms. The molecule has 0 saturated carbocycles. The number of aliphatic carboxylic acids is 1. The number of carbonyl (C=O) groups is 3. The quantitative estimate of drug-likeness (QED) is 0.564. The number of aromatic nitrogens is 2. The van der Waals surface area contributed by atoms with Crippen LogP contribution < -0.4 is 10.6 Å². The summed E-state index contributed by atoms with van der Waals surface area (Å²) in [5.41, 5.74) is 2.11. The Labute approximate surface area is 164 Å². The number of pyridine rings is 1. The molecule has 9 heteroatoms. The van der Waals surface area contributed by atoms with Crippen LogP contribution in [0, 0.1) is 0 Å². The molecule has 8 nitrogen and oxygen atoms in total. The van der Waals surface area contributed by atoms with Crippen LogP contribution in [0.5, 0.6) is 0 Å². The van der Waals surface area contributed by atoms with Gasteiger partial charge >= 0.3 is 5.97 Å². The minimum atomic E-state index is -0.985. The molecule has 28 heavy (non-hydrogen) atoms. The zero-order valence-corrected chi connectivity index (χ0v) is 15.4. The lowest BCUT2D eigenvalue weighted by Crippen LogP contribution is -2.26. The third kappa shape index (κ3) is 4.98. The van der Waals surface area contributed by atoms with Gasteiger partial charge in [-0.25, -0.2) is 4.98 Å². The van der Waals surface area contributed by atoms with Gasteiger partial charge in [-0.2, -0.15) is 0 Å². The fourth-order valence-corrected chi connectivity index (χ4v) is 2.99. The Hall–Kier alpha value is -3.59. The van der Waals surface area contributed by atoms with Crippen LogP contribution in [0.1, 0.15) is 27.1 Å². The molecule has 3 rings (SSSR count). The second-order valence-corrected chi connectivity index (χ2v) is 6.54. The summed E-state index contributed by atoms with van der Waals surface area (Å²) >= 11 is 1.29. The Morgan fingerprint density at radius 2 is 1.68 bits per heavy atom. The number of carboxylic acids is 1. The van der Waals surface area contributed by atoms with Gasteiger partial charge in [0.25, 0.3) is 11.8 Å². The molecular formula is C19H16N4O4S. The van der Waals surface area contributed by atoms with Crippen LogP contribution in [0.2, 0.25) is 0 Å². The molecule has 142 valence electrons. The molecule has 0 saturated heterocycles. The lowest BCUT2D eigenvalue weighted by atomic mass is 10.1. The number of nitrogens with one attached hydrogen (secondary N) is 2. The van der Waals surface area contributed by atoms with Crippen molar-refractivity contribution in [2.45, 2.75) is 6.42 Å². The van der Waals surface area contributed by atoms with Crippen LogP contribution in [0.15, 0.2) is 54.0 Å². The average molecular weight is 396 g/mol. The minimum Gasteiger partial charge on any atom is -0.481 e. The van der Waals surface area contributed by atoms with Crippen LogP contribution >= 0.6 is 11.3 Å². The number of amides is 2. The highest BCUT2D eigenvalue weighted by Gasteiger charge is 2.12. The van der Waals surface area contributed by atoms with E-state index in [-0.39, 0.29) is 18.9 Å². The van der Waals surface area contributed by atoms with Gasteiger partial charge in [0.05, 0.1) is 12.1 Å². The lowest BCUT2D eigenvalue weighted by molar-refractivity contribution is -0.136. The topological polar surface area (TPSA) is 121 Å². The molecule has 0 aliphatic carbocycles. The van der Waals surface area contributed by atoms with Crippen molar-refractivity contribution in [1.29, 1.82) is 0 Å². The first kappa shape index (κ1) is 19.2. The van der Waals surface area contributed by atoms with Gasteiger partial charge in [0.2, 0.25) is 0 Å². The maximum absolute atomic E-state index is 12.4. The zero-order chi connectivity index (χ0) is 19.9. The van der Waals surface area contributed by atoms with E-state index in [9.17, 15) is 14.4 Å². The van der Waals surface area contributed by atoms with Gasteiger partial charge in [0.15, 0.2) is 5.13 Å². The van der Waals surface area contributed by atoms with Gasteiger partial charge < -0.3 is 10.4 Å². The maximum Gasteiger partial charge on any atom is 0.305 e. The highest BCUT2D eigenvalue weighted by molar-refractivity contribution is 7.14. The molecule has 0 atom stereocenters. The highest BCUT2D eigenvalue weighted by Crippen LogP contribution is 2.23. The van der Waals surface area contributed by atoms with Gasteiger partial charge in [-0.15, -0.1) is 11.3 Å². The summed E-state index contributed by atoms with van der Waals surface area (Å²) in [5, 5.41) is 16.1. The summed E-state index contributed by atoms with van der Waals surface area (Å²) in [6, 6.07) is 11.6. The summed E-state index contributed by atoms with van der Waals surface area (Å²) in [5.74, 6) is -1.73. The van der Waals surface area contributed by atoms with Crippen LogP contribution in [0.4, 0.5) is 5.13 Å². The summed E-state index contributed by atoms with van der Waals surface area (Å²) in [6.45, 7) is 0.0407. The number of carbonyl (C=O) groups excluding carboxylic acids is 2. The Morgan fingerprint density at radius 1 is 0.964 bits per heavy atom. The molecule has 2 aromatic heterocycles. The highest BCUT2D eigenvalue weighted by atomic mass is 32.1. The van der Waals surface area contributed by atoms with Crippen molar-refractivity contribution >= 4 is 34.3 Å². The molecule has 0 radical (unpaired) electrons. The van der Waals surface area contributed by atoms with E-state index in [4.69, 9.17) is 5.11 Å². The first-order valence-electron chi connectivity index (χ1n) is 8.31. The van der Waals surface area contributed by atoms with Crippen molar-refractivity contribution < 1.29 is 19.5 Å². The van der Waals surface area contributed by atoms with Gasteiger partial charge in [-0.3, -0.25) is 24.7 Å². The molecule has 3 N–H and O–H groups in total. The number of nitrogens with zero attached hydrogens (tertiary/aromatic N) is 2. The largest absolute Gasteiger partial charge is 0.481 e. The predicted octanol–water partition coefficient (Wildman–Crippen LogP) is 2.66. The van der Waals surface area contributed by atoms with E-state index in [1.165, 1.54) is 35.6 Å². The SMILES string of the molecule is O=C(O)CCNC(=O)c1ccc(C(=O)Nc2nc(-c3ccccn3)cs2)cc1. The van der Waals surface area contributed by atoms with E-state index in [0.717, 1.165) is 5.69 Å². The Balaban J connectivity index is 1.60. The molecular weight excluding hydrogens is 380 g/mol. The van der Waals surface area contributed by atoms with Gasteiger partial charge in [-0.05, 0) is 36.4 Å². The summed E-state index contributed by atoms with van der Waals surface area (Å²) in [4.78, 5) is 43.3. The zero-order valence-electron chi connectivity index (χ0n) is 14.6. The number of thiazole rings is 1. The number of hydrogen-bond acceptors (Lipinski definition) is 6. The number of benzene rings is 1. The predicted molar refractivity (Wildman–Crippen MR) is 104 cm³/mol. The van der Waals surface area contributed by atoms with Crippen molar-refractivity contribution in [3.05, 3.63) is 65.2 Å². The van der Waals surface area contributed by atoms with Crippen LogP contribution in [0.3, 0.4) is 0 Å². The molecule has 1 aromatic carbocycles. The average Bonchev–Trinajstić information content (AvgIpc) is 3.17. The van der Waals surface area contributed by atoms with E-state index in [1.807, 2.05) is 23.6 Å². The van der Waals surface area contributed by atoms with Crippen LogP contribution in [-0.4, -0.2) is 39.4 Å². The van der Waals surface area contributed by atoms with Gasteiger partial charge in [0, 0.05) is 29.2 Å². The summed E-state index contributed by atoms with van der Waals surface area (Å²) in [7, 11) is 0. The third-order valence-corrected chi connectivity index (χ3v) is 4.44. The second kappa shape index (κ2) is 8.87.